The quantitative estimate of drug-likeness (QED) is 0.411. The van der Waals surface area contributed by atoms with Crippen LogP contribution in [-0.4, -0.2) is 35.4 Å². The monoisotopic (exact) mass is 427 g/mol. The minimum atomic E-state index is -0.209. The molecular formula is C22H25N3O4S. The molecule has 0 atom stereocenters. The zero-order valence-corrected chi connectivity index (χ0v) is 18.1. The second-order valence-electron chi connectivity index (χ2n) is 6.66. The summed E-state index contributed by atoms with van der Waals surface area (Å²) < 4.78 is 12.1. The summed E-state index contributed by atoms with van der Waals surface area (Å²) >= 11 is 1.25. The van der Waals surface area contributed by atoms with Crippen LogP contribution >= 0.6 is 11.8 Å². The van der Waals surface area contributed by atoms with Crippen LogP contribution in [0.2, 0.25) is 0 Å². The van der Waals surface area contributed by atoms with Gasteiger partial charge in [0.15, 0.2) is 5.16 Å². The number of thioether (sulfide) groups is 1. The molecule has 0 aliphatic rings. The second-order valence-corrected chi connectivity index (χ2v) is 7.60. The summed E-state index contributed by atoms with van der Waals surface area (Å²) in [4.78, 5) is 30.1. The van der Waals surface area contributed by atoms with E-state index in [4.69, 9.17) is 9.47 Å². The molecular weight excluding hydrogens is 402 g/mol. The number of carbonyl (C=O) groups is 1. The molecule has 3 aromatic rings. The third-order valence-electron chi connectivity index (χ3n) is 4.53. The van der Waals surface area contributed by atoms with Crippen molar-refractivity contribution in [2.24, 2.45) is 0 Å². The van der Waals surface area contributed by atoms with E-state index in [0.717, 1.165) is 12.8 Å². The molecule has 8 heteroatoms. The maximum absolute atomic E-state index is 12.9. The van der Waals surface area contributed by atoms with Crippen molar-refractivity contribution >= 4 is 34.3 Å². The summed E-state index contributed by atoms with van der Waals surface area (Å²) in [5, 5.41) is 3.98. The predicted octanol–water partition coefficient (Wildman–Crippen LogP) is 3.94. The molecule has 0 spiro atoms. The average molecular weight is 428 g/mol. The number of carbonyl (C=O) groups excluding carboxylic acids is 1. The van der Waals surface area contributed by atoms with Gasteiger partial charge in [-0.15, -0.1) is 0 Å². The standard InChI is InChI=1S/C22H25N3O4S/c1-4-5-10-25-21(27)18-8-6-7-9-19(18)24-22(25)30-14-20(26)23-15-11-16(28-2)13-17(12-15)29-3/h6-9,11-13H,4-5,10,14H2,1-3H3,(H,23,26). The predicted molar refractivity (Wildman–Crippen MR) is 120 cm³/mol. The van der Waals surface area contributed by atoms with Crippen LogP contribution in [0.1, 0.15) is 19.8 Å². The number of unbranched alkanes of at least 4 members (excludes halogenated alkanes) is 1. The largest absolute Gasteiger partial charge is 0.497 e. The lowest BCUT2D eigenvalue weighted by atomic mass is 10.2. The highest BCUT2D eigenvalue weighted by molar-refractivity contribution is 7.99. The summed E-state index contributed by atoms with van der Waals surface area (Å²) in [5.41, 5.74) is 1.14. The highest BCUT2D eigenvalue weighted by Gasteiger charge is 2.13. The van der Waals surface area contributed by atoms with Gasteiger partial charge in [0.1, 0.15) is 11.5 Å². The molecule has 0 bridgehead atoms. The van der Waals surface area contributed by atoms with E-state index in [-0.39, 0.29) is 17.2 Å². The van der Waals surface area contributed by atoms with Crippen molar-refractivity contribution in [3.05, 3.63) is 52.8 Å². The van der Waals surface area contributed by atoms with E-state index >= 15 is 0 Å². The van der Waals surface area contributed by atoms with Crippen molar-refractivity contribution in [2.45, 2.75) is 31.5 Å². The van der Waals surface area contributed by atoms with Gasteiger partial charge in [0, 0.05) is 30.4 Å². The molecule has 1 heterocycles. The molecule has 0 saturated carbocycles. The number of aromatic nitrogens is 2. The van der Waals surface area contributed by atoms with E-state index < -0.39 is 0 Å². The maximum Gasteiger partial charge on any atom is 0.262 e. The Bertz CT molecular complexity index is 1080. The second kappa shape index (κ2) is 10.2. The Kier molecular flexibility index (Phi) is 7.35. The molecule has 158 valence electrons. The van der Waals surface area contributed by atoms with Crippen LogP contribution in [-0.2, 0) is 11.3 Å². The fourth-order valence-electron chi connectivity index (χ4n) is 2.98. The van der Waals surface area contributed by atoms with E-state index in [0.29, 0.717) is 39.8 Å². The Morgan fingerprint density at radius 3 is 2.50 bits per heavy atom. The molecule has 0 aliphatic carbocycles. The molecule has 3 rings (SSSR count). The van der Waals surface area contributed by atoms with Crippen LogP contribution in [0.15, 0.2) is 52.4 Å². The summed E-state index contributed by atoms with van der Waals surface area (Å²) in [6.45, 7) is 2.65. The van der Waals surface area contributed by atoms with Gasteiger partial charge in [-0.3, -0.25) is 14.2 Å². The van der Waals surface area contributed by atoms with Gasteiger partial charge in [-0.05, 0) is 18.6 Å². The first-order valence-corrected chi connectivity index (χ1v) is 10.7. The number of hydrogen-bond donors (Lipinski definition) is 1. The van der Waals surface area contributed by atoms with E-state index in [1.807, 2.05) is 18.2 Å². The third-order valence-corrected chi connectivity index (χ3v) is 5.51. The number of anilines is 1. The zero-order valence-electron chi connectivity index (χ0n) is 17.3. The van der Waals surface area contributed by atoms with Gasteiger partial charge < -0.3 is 14.8 Å². The molecule has 1 N–H and O–H groups in total. The van der Waals surface area contributed by atoms with Crippen LogP contribution in [0.25, 0.3) is 10.9 Å². The van der Waals surface area contributed by atoms with Gasteiger partial charge in [-0.1, -0.05) is 37.2 Å². The number of fused-ring (bicyclic) bond motifs is 1. The Morgan fingerprint density at radius 2 is 1.83 bits per heavy atom. The number of benzene rings is 2. The van der Waals surface area contributed by atoms with Crippen molar-refractivity contribution in [1.29, 1.82) is 0 Å². The molecule has 7 nitrogen and oxygen atoms in total. The molecule has 2 aromatic carbocycles. The summed E-state index contributed by atoms with van der Waals surface area (Å²) in [5.74, 6) is 1.08. The number of rotatable bonds is 9. The minimum absolute atomic E-state index is 0.0745. The van der Waals surface area contributed by atoms with Gasteiger partial charge in [0.2, 0.25) is 5.91 Å². The Morgan fingerprint density at radius 1 is 1.13 bits per heavy atom. The molecule has 30 heavy (non-hydrogen) atoms. The zero-order chi connectivity index (χ0) is 21.5. The third kappa shape index (κ3) is 5.13. The maximum atomic E-state index is 12.9. The van der Waals surface area contributed by atoms with Gasteiger partial charge in [-0.2, -0.15) is 0 Å². The van der Waals surface area contributed by atoms with Gasteiger partial charge in [0.05, 0.1) is 30.9 Å². The molecule has 0 aliphatic heterocycles. The highest BCUT2D eigenvalue weighted by Crippen LogP contribution is 2.26. The topological polar surface area (TPSA) is 82.5 Å². The number of nitrogens with zero attached hydrogens (tertiary/aromatic N) is 2. The van der Waals surface area contributed by atoms with Gasteiger partial charge in [0.25, 0.3) is 5.56 Å². The molecule has 0 unspecified atom stereocenters. The van der Waals surface area contributed by atoms with Gasteiger partial charge >= 0.3 is 0 Å². The van der Waals surface area contributed by atoms with Crippen LogP contribution < -0.4 is 20.3 Å². The number of ether oxygens (including phenoxy) is 2. The van der Waals surface area contributed by atoms with Crippen molar-refractivity contribution in [1.82, 2.24) is 9.55 Å². The van der Waals surface area contributed by atoms with Crippen molar-refractivity contribution in [2.75, 3.05) is 25.3 Å². The summed E-state index contributed by atoms with van der Waals surface area (Å²) in [7, 11) is 3.11. The van der Waals surface area contributed by atoms with Crippen molar-refractivity contribution in [3.63, 3.8) is 0 Å². The normalized spacial score (nSPS) is 10.8. The Balaban J connectivity index is 1.79. The molecule has 0 fully saturated rings. The van der Waals surface area contributed by atoms with E-state index in [1.165, 1.54) is 11.8 Å². The molecule has 1 aromatic heterocycles. The fourth-order valence-corrected chi connectivity index (χ4v) is 3.80. The van der Waals surface area contributed by atoms with Crippen LogP contribution in [0.4, 0.5) is 5.69 Å². The van der Waals surface area contributed by atoms with Crippen LogP contribution in [0.3, 0.4) is 0 Å². The lowest BCUT2D eigenvalue weighted by Gasteiger charge is -2.13. The van der Waals surface area contributed by atoms with Crippen molar-refractivity contribution in [3.8, 4) is 11.5 Å². The number of hydrogen-bond acceptors (Lipinski definition) is 6. The van der Waals surface area contributed by atoms with Gasteiger partial charge in [-0.25, -0.2) is 4.98 Å². The number of methoxy groups -OCH3 is 2. The lowest BCUT2D eigenvalue weighted by Crippen LogP contribution is -2.24. The summed E-state index contributed by atoms with van der Waals surface area (Å²) in [6, 6.07) is 12.4. The van der Waals surface area contributed by atoms with Crippen LogP contribution in [0, 0.1) is 0 Å². The SMILES string of the molecule is CCCCn1c(SCC(=O)Nc2cc(OC)cc(OC)c2)nc2ccccc2c1=O. The Hall–Kier alpha value is -3.00. The van der Waals surface area contributed by atoms with E-state index in [2.05, 4.69) is 17.2 Å². The number of nitrogens with one attached hydrogen (secondary N) is 1. The van der Waals surface area contributed by atoms with E-state index in [9.17, 15) is 9.59 Å². The smallest absolute Gasteiger partial charge is 0.262 e. The van der Waals surface area contributed by atoms with Crippen LogP contribution in [0.5, 0.6) is 11.5 Å². The Labute approximate surface area is 179 Å². The summed E-state index contributed by atoms with van der Waals surface area (Å²) in [6.07, 6.45) is 1.82. The first-order chi connectivity index (χ1) is 14.5. The highest BCUT2D eigenvalue weighted by atomic mass is 32.2. The molecule has 0 saturated heterocycles. The lowest BCUT2D eigenvalue weighted by molar-refractivity contribution is -0.113. The number of amides is 1. The fraction of sp³-hybridized carbons (Fsp3) is 0.318. The molecule has 1 amide bonds. The number of para-hydroxylation sites is 1. The van der Waals surface area contributed by atoms with E-state index in [1.54, 1.807) is 43.1 Å². The first kappa shape index (κ1) is 21.7. The van der Waals surface area contributed by atoms with Crippen molar-refractivity contribution < 1.29 is 14.3 Å². The first-order valence-electron chi connectivity index (χ1n) is 9.71. The molecule has 0 radical (unpaired) electrons. The average Bonchev–Trinajstić information content (AvgIpc) is 2.77. The minimum Gasteiger partial charge on any atom is -0.497 e.